The maximum absolute atomic E-state index is 11.2. The van der Waals surface area contributed by atoms with E-state index < -0.39 is 4.92 Å². The van der Waals surface area contributed by atoms with E-state index in [0.29, 0.717) is 40.7 Å². The minimum atomic E-state index is -0.562. The Morgan fingerprint density at radius 3 is 2.36 bits per heavy atom. The molecule has 0 aliphatic heterocycles. The summed E-state index contributed by atoms with van der Waals surface area (Å²) in [4.78, 5) is 15.3. The van der Waals surface area contributed by atoms with Gasteiger partial charge in [0.2, 0.25) is 0 Å². The van der Waals surface area contributed by atoms with Crippen molar-refractivity contribution in [2.45, 2.75) is 20.1 Å². The normalized spacial score (nSPS) is 10.8. The number of nitro groups is 1. The second-order valence-electron chi connectivity index (χ2n) is 7.80. The summed E-state index contributed by atoms with van der Waals surface area (Å²) in [5.41, 5.74) is 2.29. The fourth-order valence-electron chi connectivity index (χ4n) is 3.69. The second kappa shape index (κ2) is 10.9. The summed E-state index contributed by atoms with van der Waals surface area (Å²) < 4.78 is 22.8. The van der Waals surface area contributed by atoms with E-state index in [9.17, 15) is 10.1 Å². The first kappa shape index (κ1) is 25.3. The van der Waals surface area contributed by atoms with Crippen LogP contribution < -0.4 is 18.9 Å². The van der Waals surface area contributed by atoms with E-state index in [-0.39, 0.29) is 22.3 Å². The van der Waals surface area contributed by atoms with Crippen molar-refractivity contribution >= 4 is 39.8 Å². The highest BCUT2D eigenvalue weighted by Gasteiger charge is 2.20. The standard InChI is InChI=1S/C26H22Cl2N2O6/c1-15-11-23(35-13-16-7-10-21(33-2)24(12-16)34-3)17-5-4-6-22(26(17)29-15)36-14-18-19(27)8-9-20(25(18)28)30(31)32/h4-12H,13-14H2,1-3H3. The summed E-state index contributed by atoms with van der Waals surface area (Å²) in [6.07, 6.45) is 0. The van der Waals surface area contributed by atoms with Gasteiger partial charge in [0, 0.05) is 33.8 Å². The van der Waals surface area contributed by atoms with Gasteiger partial charge in [0.15, 0.2) is 11.5 Å². The summed E-state index contributed by atoms with van der Waals surface area (Å²) in [6.45, 7) is 2.08. The molecule has 0 saturated carbocycles. The fraction of sp³-hybridized carbons (Fsp3) is 0.192. The number of halogens is 2. The molecule has 8 nitrogen and oxygen atoms in total. The molecule has 0 bridgehead atoms. The van der Waals surface area contributed by atoms with Gasteiger partial charge in [-0.25, -0.2) is 4.98 Å². The minimum Gasteiger partial charge on any atom is -0.493 e. The number of fused-ring (bicyclic) bond motifs is 1. The lowest BCUT2D eigenvalue weighted by Crippen LogP contribution is -2.02. The number of aryl methyl sites for hydroxylation is 1. The van der Waals surface area contributed by atoms with Crippen molar-refractivity contribution in [2.75, 3.05) is 14.2 Å². The Hall–Kier alpha value is -3.75. The first-order valence-electron chi connectivity index (χ1n) is 10.8. The van der Waals surface area contributed by atoms with Gasteiger partial charge in [-0.05, 0) is 42.8 Å². The van der Waals surface area contributed by atoms with E-state index in [0.717, 1.165) is 16.6 Å². The van der Waals surface area contributed by atoms with Crippen LogP contribution in [-0.2, 0) is 13.2 Å². The zero-order valence-corrected chi connectivity index (χ0v) is 21.2. The van der Waals surface area contributed by atoms with E-state index in [4.69, 9.17) is 42.1 Å². The molecule has 0 unspecified atom stereocenters. The van der Waals surface area contributed by atoms with Crippen LogP contribution >= 0.6 is 23.2 Å². The molecule has 0 atom stereocenters. The Bertz CT molecular complexity index is 1440. The van der Waals surface area contributed by atoms with Crippen molar-refractivity contribution in [1.29, 1.82) is 0 Å². The van der Waals surface area contributed by atoms with Crippen LogP contribution in [0.4, 0.5) is 5.69 Å². The molecule has 4 rings (SSSR count). The number of methoxy groups -OCH3 is 2. The van der Waals surface area contributed by atoms with Gasteiger partial charge in [0.25, 0.3) is 5.69 Å². The van der Waals surface area contributed by atoms with Crippen LogP contribution in [0.25, 0.3) is 10.9 Å². The van der Waals surface area contributed by atoms with Crippen LogP contribution in [0.1, 0.15) is 16.8 Å². The van der Waals surface area contributed by atoms with E-state index >= 15 is 0 Å². The van der Waals surface area contributed by atoms with Crippen LogP contribution in [0.5, 0.6) is 23.0 Å². The molecule has 0 N–H and O–H groups in total. The van der Waals surface area contributed by atoms with Crippen molar-refractivity contribution in [1.82, 2.24) is 4.98 Å². The van der Waals surface area contributed by atoms with Crippen LogP contribution in [0, 0.1) is 17.0 Å². The Morgan fingerprint density at radius 2 is 1.64 bits per heavy atom. The third-order valence-corrected chi connectivity index (χ3v) is 6.25. The Balaban J connectivity index is 1.61. The van der Waals surface area contributed by atoms with Gasteiger partial charge in [0.1, 0.15) is 35.3 Å². The molecule has 0 saturated heterocycles. The van der Waals surface area contributed by atoms with Gasteiger partial charge in [-0.15, -0.1) is 0 Å². The van der Waals surface area contributed by atoms with Crippen LogP contribution in [0.3, 0.4) is 0 Å². The monoisotopic (exact) mass is 528 g/mol. The van der Waals surface area contributed by atoms with Gasteiger partial charge < -0.3 is 18.9 Å². The number of hydrogen-bond acceptors (Lipinski definition) is 7. The zero-order chi connectivity index (χ0) is 25.8. The topological polar surface area (TPSA) is 93.0 Å². The first-order valence-corrected chi connectivity index (χ1v) is 11.6. The second-order valence-corrected chi connectivity index (χ2v) is 8.58. The van der Waals surface area contributed by atoms with E-state index in [1.54, 1.807) is 20.3 Å². The number of hydrogen-bond donors (Lipinski definition) is 0. The summed E-state index contributed by atoms with van der Waals surface area (Å²) in [7, 11) is 3.16. The van der Waals surface area contributed by atoms with Gasteiger partial charge in [-0.2, -0.15) is 0 Å². The Labute approximate surface area is 217 Å². The highest BCUT2D eigenvalue weighted by Crippen LogP contribution is 2.36. The smallest absolute Gasteiger partial charge is 0.288 e. The molecule has 1 aromatic heterocycles. The summed E-state index contributed by atoms with van der Waals surface area (Å²) in [5.74, 6) is 2.34. The molecule has 0 aliphatic rings. The van der Waals surface area contributed by atoms with E-state index in [1.807, 2.05) is 43.3 Å². The molecule has 10 heteroatoms. The SMILES string of the molecule is COc1ccc(COc2cc(C)nc3c(OCc4c(Cl)ccc([N+](=O)[O-])c4Cl)cccc23)cc1OC. The number of nitrogens with zero attached hydrogens (tertiary/aromatic N) is 2. The molecule has 0 spiro atoms. The number of pyridine rings is 1. The van der Waals surface area contributed by atoms with E-state index in [1.165, 1.54) is 12.1 Å². The quantitative estimate of drug-likeness (QED) is 0.171. The van der Waals surface area contributed by atoms with Gasteiger partial charge in [0.05, 0.1) is 19.1 Å². The minimum absolute atomic E-state index is 0.0594. The first-order chi connectivity index (χ1) is 17.3. The molecule has 1 heterocycles. The van der Waals surface area contributed by atoms with Crippen LogP contribution in [0.15, 0.2) is 54.6 Å². The molecule has 3 aromatic carbocycles. The lowest BCUT2D eigenvalue weighted by molar-refractivity contribution is -0.384. The third kappa shape index (κ3) is 5.24. The Morgan fingerprint density at radius 1 is 0.889 bits per heavy atom. The van der Waals surface area contributed by atoms with Crippen molar-refractivity contribution in [2.24, 2.45) is 0 Å². The highest BCUT2D eigenvalue weighted by molar-refractivity contribution is 6.37. The van der Waals surface area contributed by atoms with Crippen molar-refractivity contribution in [3.63, 3.8) is 0 Å². The largest absolute Gasteiger partial charge is 0.493 e. The number of ether oxygens (including phenoxy) is 4. The number of aromatic nitrogens is 1. The molecular weight excluding hydrogens is 507 g/mol. The zero-order valence-electron chi connectivity index (χ0n) is 19.7. The van der Waals surface area contributed by atoms with Gasteiger partial charge in [-0.1, -0.05) is 35.3 Å². The van der Waals surface area contributed by atoms with Crippen molar-refractivity contribution in [3.8, 4) is 23.0 Å². The predicted molar refractivity (Wildman–Crippen MR) is 138 cm³/mol. The number of rotatable bonds is 9. The van der Waals surface area contributed by atoms with Crippen molar-refractivity contribution in [3.05, 3.63) is 91.6 Å². The molecule has 0 radical (unpaired) electrons. The molecule has 36 heavy (non-hydrogen) atoms. The molecule has 4 aromatic rings. The lowest BCUT2D eigenvalue weighted by atomic mass is 10.1. The fourth-order valence-corrected chi connectivity index (χ4v) is 4.24. The van der Waals surface area contributed by atoms with Gasteiger partial charge in [-0.3, -0.25) is 10.1 Å². The van der Waals surface area contributed by atoms with Crippen LogP contribution in [0.2, 0.25) is 10.0 Å². The Kier molecular flexibility index (Phi) is 7.67. The van der Waals surface area contributed by atoms with Crippen LogP contribution in [-0.4, -0.2) is 24.1 Å². The molecular formula is C26H22Cl2N2O6. The number of para-hydroxylation sites is 1. The molecule has 186 valence electrons. The number of nitro benzene ring substituents is 1. The average Bonchev–Trinajstić information content (AvgIpc) is 2.86. The summed E-state index contributed by atoms with van der Waals surface area (Å²) in [6, 6.07) is 15.6. The van der Waals surface area contributed by atoms with Gasteiger partial charge >= 0.3 is 0 Å². The average molecular weight is 529 g/mol. The summed E-state index contributed by atoms with van der Waals surface area (Å²) in [5, 5.41) is 12.2. The molecule has 0 fully saturated rings. The highest BCUT2D eigenvalue weighted by atomic mass is 35.5. The third-order valence-electron chi connectivity index (χ3n) is 5.47. The summed E-state index contributed by atoms with van der Waals surface area (Å²) >= 11 is 12.5. The van der Waals surface area contributed by atoms with E-state index in [2.05, 4.69) is 4.98 Å². The lowest BCUT2D eigenvalue weighted by Gasteiger charge is -2.15. The predicted octanol–water partition coefficient (Wildman–Crippen LogP) is 6.93. The van der Waals surface area contributed by atoms with Crippen molar-refractivity contribution < 1.29 is 23.9 Å². The molecule has 0 amide bonds. The number of benzene rings is 3. The maximum Gasteiger partial charge on any atom is 0.288 e. The maximum atomic E-state index is 11.2. The molecule has 0 aliphatic carbocycles.